The zero-order chi connectivity index (χ0) is 7.40. The molecule has 1 N–H and O–H groups in total. The van der Waals surface area contributed by atoms with Crippen molar-refractivity contribution in [3.63, 3.8) is 0 Å². The predicted molar refractivity (Wildman–Crippen MR) is 45.2 cm³/mol. The zero-order valence-electron chi connectivity index (χ0n) is 5.37. The maximum atomic E-state index is 10.3. The summed E-state index contributed by atoms with van der Waals surface area (Å²) in [6.07, 6.45) is 0.826. The molecule has 0 aromatic heterocycles. The van der Waals surface area contributed by atoms with Gasteiger partial charge in [-0.3, -0.25) is 4.79 Å². The molecule has 2 nitrogen and oxygen atoms in total. The lowest BCUT2D eigenvalue weighted by atomic mass is 10.2. The Hall–Kier alpha value is -0.880. The summed E-state index contributed by atoms with van der Waals surface area (Å²) in [6.45, 7) is 0. The summed E-state index contributed by atoms with van der Waals surface area (Å²) in [7, 11) is 2.35. The lowest BCUT2D eigenvalue weighted by Crippen LogP contribution is -1.86. The minimum absolute atomic E-state index is 0.678. The lowest BCUT2D eigenvalue weighted by molar-refractivity contribution is 0.112. The highest BCUT2D eigenvalue weighted by Gasteiger charge is 1.94. The largest absolute Gasteiger partial charge is 0.369 e. The second kappa shape index (κ2) is 3.33. The number of hydrogen-bond donors (Lipinski definition) is 1. The normalized spacial score (nSPS) is 8.90. The van der Waals surface area contributed by atoms with Gasteiger partial charge in [-0.25, -0.2) is 0 Å². The van der Waals surface area contributed by atoms with Crippen LogP contribution in [0.3, 0.4) is 0 Å². The molecule has 0 aliphatic rings. The Balaban J connectivity index is 3.08. The van der Waals surface area contributed by atoms with Gasteiger partial charge < -0.3 is 5.09 Å². The molecule has 0 spiro atoms. The summed E-state index contributed by atoms with van der Waals surface area (Å²) in [4.78, 5) is 10.3. The third kappa shape index (κ3) is 1.34. The number of carbonyl (C=O) groups excluding carboxylic acids is 1. The van der Waals surface area contributed by atoms with Gasteiger partial charge in [-0.05, 0) is 21.5 Å². The molecule has 1 atom stereocenters. The number of hydrogen-bond acceptors (Lipinski definition) is 2. The average Bonchev–Trinajstić information content (AvgIpc) is 2.04. The fraction of sp³-hybridized carbons (Fsp3) is 0. The van der Waals surface area contributed by atoms with Crippen LogP contribution in [0.2, 0.25) is 0 Å². The van der Waals surface area contributed by atoms with Crippen LogP contribution in [-0.4, -0.2) is 6.29 Å². The van der Waals surface area contributed by atoms with Gasteiger partial charge in [0.2, 0.25) is 0 Å². The molecule has 3 heteroatoms. The Morgan fingerprint density at radius 2 is 2.10 bits per heavy atom. The minimum atomic E-state index is 0.678. The first kappa shape index (κ1) is 7.23. The highest BCUT2D eigenvalue weighted by atomic mass is 31.0. The molecule has 1 aromatic rings. The van der Waals surface area contributed by atoms with E-state index in [9.17, 15) is 4.79 Å². The number of nitrogens with one attached hydrogen (secondary N) is 1. The van der Waals surface area contributed by atoms with Gasteiger partial charge in [-0.1, -0.05) is 12.1 Å². The van der Waals surface area contributed by atoms with E-state index in [0.717, 1.165) is 12.0 Å². The van der Waals surface area contributed by atoms with E-state index in [1.54, 1.807) is 6.07 Å². The molecule has 0 radical (unpaired) electrons. The average molecular weight is 153 g/mol. The first-order chi connectivity index (χ1) is 4.88. The second-order valence-corrected chi connectivity index (χ2v) is 2.14. The van der Waals surface area contributed by atoms with Gasteiger partial charge in [0.15, 0.2) is 6.29 Å². The summed E-state index contributed by atoms with van der Waals surface area (Å²) in [5.41, 5.74) is 1.51. The molecule has 0 amide bonds. The molecule has 1 aromatic carbocycles. The van der Waals surface area contributed by atoms with E-state index in [4.69, 9.17) is 0 Å². The number of para-hydroxylation sites is 1. The molecule has 0 aliphatic carbocycles. The van der Waals surface area contributed by atoms with Crippen LogP contribution in [0.1, 0.15) is 10.4 Å². The predicted octanol–water partition coefficient (Wildman–Crippen LogP) is 1.70. The highest BCUT2D eigenvalue weighted by molar-refractivity contribution is 7.18. The van der Waals surface area contributed by atoms with Crippen molar-refractivity contribution < 1.29 is 4.79 Å². The molecule has 0 aliphatic heterocycles. The summed E-state index contributed by atoms with van der Waals surface area (Å²) in [5.74, 6) is 0. The van der Waals surface area contributed by atoms with Crippen LogP contribution in [0.5, 0.6) is 0 Å². The van der Waals surface area contributed by atoms with Crippen molar-refractivity contribution in [1.82, 2.24) is 0 Å². The van der Waals surface area contributed by atoms with Gasteiger partial charge >= 0.3 is 0 Å². The fourth-order valence-electron chi connectivity index (χ4n) is 0.731. The number of rotatable bonds is 2. The van der Waals surface area contributed by atoms with Crippen molar-refractivity contribution in [3.8, 4) is 0 Å². The minimum Gasteiger partial charge on any atom is -0.369 e. The third-order valence-electron chi connectivity index (χ3n) is 1.24. The van der Waals surface area contributed by atoms with Crippen LogP contribution in [0, 0.1) is 0 Å². The van der Waals surface area contributed by atoms with E-state index < -0.39 is 0 Å². The van der Waals surface area contributed by atoms with E-state index in [0.29, 0.717) is 5.56 Å². The Labute approximate surface area is 61.9 Å². The number of anilines is 1. The van der Waals surface area contributed by atoms with Crippen LogP contribution in [0.4, 0.5) is 5.69 Å². The van der Waals surface area contributed by atoms with Crippen molar-refractivity contribution in [3.05, 3.63) is 29.8 Å². The first-order valence-electron chi connectivity index (χ1n) is 2.89. The maximum absolute atomic E-state index is 10.3. The van der Waals surface area contributed by atoms with Gasteiger partial charge in [0, 0.05) is 11.3 Å². The molecule has 0 saturated heterocycles. The summed E-state index contributed by atoms with van der Waals surface area (Å²) in [5, 5.41) is 2.83. The monoisotopic (exact) mass is 153 g/mol. The number of aldehydes is 1. The van der Waals surface area contributed by atoms with Crippen LogP contribution in [0.25, 0.3) is 0 Å². The summed E-state index contributed by atoms with van der Waals surface area (Å²) in [6, 6.07) is 7.31. The van der Waals surface area contributed by atoms with E-state index >= 15 is 0 Å². The Morgan fingerprint density at radius 3 is 2.60 bits per heavy atom. The molecule has 0 bridgehead atoms. The molecule has 0 saturated carbocycles. The maximum Gasteiger partial charge on any atom is 0.152 e. The fourth-order valence-corrected chi connectivity index (χ4v) is 0.994. The highest BCUT2D eigenvalue weighted by Crippen LogP contribution is 2.13. The first-order valence-corrected chi connectivity index (χ1v) is 3.47. The quantitative estimate of drug-likeness (QED) is 0.517. The third-order valence-corrected chi connectivity index (χ3v) is 1.55. The molecule has 1 rings (SSSR count). The molecule has 10 heavy (non-hydrogen) atoms. The van der Waals surface area contributed by atoms with Crippen molar-refractivity contribution in [1.29, 1.82) is 0 Å². The van der Waals surface area contributed by atoms with Crippen molar-refractivity contribution in [2.75, 3.05) is 5.09 Å². The number of benzene rings is 1. The molecule has 0 heterocycles. The van der Waals surface area contributed by atoms with Crippen molar-refractivity contribution >= 4 is 21.4 Å². The van der Waals surface area contributed by atoms with Gasteiger partial charge in [0.05, 0.1) is 0 Å². The van der Waals surface area contributed by atoms with Gasteiger partial charge in [0.25, 0.3) is 0 Å². The van der Waals surface area contributed by atoms with Crippen LogP contribution < -0.4 is 5.09 Å². The molecule has 0 fully saturated rings. The van der Waals surface area contributed by atoms with Crippen LogP contribution in [-0.2, 0) is 0 Å². The SMILES string of the molecule is O=Cc1ccccc1NP. The Kier molecular flexibility index (Phi) is 2.41. The summed E-state index contributed by atoms with van der Waals surface area (Å²) >= 11 is 0. The van der Waals surface area contributed by atoms with Gasteiger partial charge in [0.1, 0.15) is 0 Å². The smallest absolute Gasteiger partial charge is 0.152 e. The van der Waals surface area contributed by atoms with Gasteiger partial charge in [-0.2, -0.15) is 0 Å². The van der Waals surface area contributed by atoms with E-state index in [1.807, 2.05) is 18.2 Å². The molecular weight excluding hydrogens is 145 g/mol. The molecular formula is C7H8NOP. The zero-order valence-corrected chi connectivity index (χ0v) is 6.53. The molecule has 52 valence electrons. The van der Waals surface area contributed by atoms with Gasteiger partial charge in [-0.15, -0.1) is 0 Å². The Morgan fingerprint density at radius 1 is 1.40 bits per heavy atom. The van der Waals surface area contributed by atoms with Crippen molar-refractivity contribution in [2.24, 2.45) is 0 Å². The lowest BCUT2D eigenvalue weighted by Gasteiger charge is -2.00. The van der Waals surface area contributed by atoms with Crippen LogP contribution >= 0.6 is 9.39 Å². The topological polar surface area (TPSA) is 29.1 Å². The molecule has 1 unspecified atom stereocenters. The Bertz CT molecular complexity index is 237. The van der Waals surface area contributed by atoms with E-state index in [-0.39, 0.29) is 0 Å². The van der Waals surface area contributed by atoms with E-state index in [1.165, 1.54) is 0 Å². The van der Waals surface area contributed by atoms with E-state index in [2.05, 4.69) is 14.5 Å². The second-order valence-electron chi connectivity index (χ2n) is 1.85. The number of carbonyl (C=O) groups is 1. The summed E-state index contributed by atoms with van der Waals surface area (Å²) < 4.78 is 0. The standard InChI is InChI=1S/C7H8NOP/c9-5-6-3-1-2-4-7(6)8-10/h1-5,8H,10H2. The van der Waals surface area contributed by atoms with Crippen molar-refractivity contribution in [2.45, 2.75) is 0 Å². The van der Waals surface area contributed by atoms with Crippen LogP contribution in [0.15, 0.2) is 24.3 Å².